The molecule has 1 aliphatic heterocycles. The third-order valence-electron chi connectivity index (χ3n) is 4.01. The molecule has 1 heterocycles. The van der Waals surface area contributed by atoms with Gasteiger partial charge in [-0.25, -0.2) is 0 Å². The SMILES string of the molecule is O=C(/C=C/c1ccc(Br)cc1)N1CCCC1c1ccccc1. The van der Waals surface area contributed by atoms with Gasteiger partial charge in [0.05, 0.1) is 6.04 Å². The predicted octanol–water partition coefficient (Wildman–Crippen LogP) is 4.83. The monoisotopic (exact) mass is 355 g/mol. The van der Waals surface area contributed by atoms with Gasteiger partial charge in [-0.15, -0.1) is 0 Å². The highest BCUT2D eigenvalue weighted by molar-refractivity contribution is 9.10. The highest BCUT2D eigenvalue weighted by atomic mass is 79.9. The lowest BCUT2D eigenvalue weighted by molar-refractivity contribution is -0.126. The molecule has 1 fully saturated rings. The molecule has 2 nitrogen and oxygen atoms in total. The third-order valence-corrected chi connectivity index (χ3v) is 4.54. The Morgan fingerprint density at radius 1 is 1.09 bits per heavy atom. The zero-order valence-corrected chi connectivity index (χ0v) is 13.9. The zero-order valence-electron chi connectivity index (χ0n) is 12.3. The molecule has 1 atom stereocenters. The Kier molecular flexibility index (Phi) is 4.74. The van der Waals surface area contributed by atoms with Crippen LogP contribution in [0.3, 0.4) is 0 Å². The van der Waals surface area contributed by atoms with Gasteiger partial charge in [-0.05, 0) is 42.2 Å². The lowest BCUT2D eigenvalue weighted by Crippen LogP contribution is -2.28. The summed E-state index contributed by atoms with van der Waals surface area (Å²) >= 11 is 3.41. The van der Waals surface area contributed by atoms with Gasteiger partial charge in [-0.1, -0.05) is 58.4 Å². The number of amides is 1. The van der Waals surface area contributed by atoms with Crippen molar-refractivity contribution in [1.29, 1.82) is 0 Å². The molecule has 2 aromatic carbocycles. The van der Waals surface area contributed by atoms with E-state index in [0.29, 0.717) is 0 Å². The quantitative estimate of drug-likeness (QED) is 0.722. The molecule has 1 amide bonds. The first kappa shape index (κ1) is 15.0. The van der Waals surface area contributed by atoms with Gasteiger partial charge < -0.3 is 4.90 Å². The number of halogens is 1. The van der Waals surface area contributed by atoms with Crippen molar-refractivity contribution in [3.63, 3.8) is 0 Å². The second-order valence-corrected chi connectivity index (χ2v) is 6.40. The summed E-state index contributed by atoms with van der Waals surface area (Å²) in [5.74, 6) is 0.0919. The molecule has 3 heteroatoms. The van der Waals surface area contributed by atoms with Crippen LogP contribution in [0.2, 0.25) is 0 Å². The first-order valence-electron chi connectivity index (χ1n) is 7.53. The van der Waals surface area contributed by atoms with Gasteiger partial charge in [0.1, 0.15) is 0 Å². The van der Waals surface area contributed by atoms with Crippen LogP contribution >= 0.6 is 15.9 Å². The van der Waals surface area contributed by atoms with Gasteiger partial charge in [0.25, 0.3) is 0 Å². The summed E-state index contributed by atoms with van der Waals surface area (Å²) in [5, 5.41) is 0. The Morgan fingerprint density at radius 3 is 2.55 bits per heavy atom. The molecule has 0 saturated carbocycles. The van der Waals surface area contributed by atoms with E-state index in [2.05, 4.69) is 28.1 Å². The van der Waals surface area contributed by atoms with Crippen LogP contribution in [0, 0.1) is 0 Å². The van der Waals surface area contributed by atoms with Crippen molar-refractivity contribution in [3.05, 3.63) is 76.3 Å². The Hall–Kier alpha value is -1.87. The smallest absolute Gasteiger partial charge is 0.247 e. The number of carbonyl (C=O) groups is 1. The van der Waals surface area contributed by atoms with Crippen LogP contribution in [0.1, 0.15) is 30.0 Å². The van der Waals surface area contributed by atoms with Crippen LogP contribution in [0.5, 0.6) is 0 Å². The summed E-state index contributed by atoms with van der Waals surface area (Å²) in [6.45, 7) is 0.836. The molecule has 1 aliphatic rings. The molecule has 0 spiro atoms. The van der Waals surface area contributed by atoms with Crippen LogP contribution in [0.4, 0.5) is 0 Å². The summed E-state index contributed by atoms with van der Waals surface area (Å²) in [6.07, 6.45) is 5.68. The molecule has 0 aliphatic carbocycles. The maximum atomic E-state index is 12.5. The van der Waals surface area contributed by atoms with E-state index in [4.69, 9.17) is 0 Å². The normalized spacial score (nSPS) is 18.0. The van der Waals surface area contributed by atoms with Crippen molar-refractivity contribution in [2.75, 3.05) is 6.54 Å². The molecule has 0 N–H and O–H groups in total. The Labute approximate surface area is 139 Å². The highest BCUT2D eigenvalue weighted by Gasteiger charge is 2.28. The largest absolute Gasteiger partial charge is 0.332 e. The van der Waals surface area contributed by atoms with Crippen LogP contribution in [-0.4, -0.2) is 17.4 Å². The van der Waals surface area contributed by atoms with E-state index < -0.39 is 0 Å². The number of nitrogens with zero attached hydrogens (tertiary/aromatic N) is 1. The first-order chi connectivity index (χ1) is 10.7. The van der Waals surface area contributed by atoms with Crippen molar-refractivity contribution in [2.24, 2.45) is 0 Å². The molecule has 22 heavy (non-hydrogen) atoms. The van der Waals surface area contributed by atoms with E-state index in [1.165, 1.54) is 5.56 Å². The molecular formula is C19H18BrNO. The minimum atomic E-state index is 0.0919. The standard InChI is InChI=1S/C19H18BrNO/c20-17-11-8-15(9-12-17)10-13-19(22)21-14-4-7-18(21)16-5-2-1-3-6-16/h1-3,5-6,8-13,18H,4,7,14H2/b13-10+. The second kappa shape index (κ2) is 6.93. The maximum absolute atomic E-state index is 12.5. The Bertz CT molecular complexity index is 664. The van der Waals surface area contributed by atoms with E-state index in [9.17, 15) is 4.79 Å². The molecule has 0 radical (unpaired) electrons. The van der Waals surface area contributed by atoms with Crippen molar-refractivity contribution in [2.45, 2.75) is 18.9 Å². The minimum Gasteiger partial charge on any atom is -0.332 e. The van der Waals surface area contributed by atoms with Gasteiger partial charge in [0.2, 0.25) is 5.91 Å². The van der Waals surface area contributed by atoms with Crippen LogP contribution in [0.25, 0.3) is 6.08 Å². The van der Waals surface area contributed by atoms with Gasteiger partial charge in [-0.3, -0.25) is 4.79 Å². The molecular weight excluding hydrogens is 338 g/mol. The molecule has 0 aromatic heterocycles. The van der Waals surface area contributed by atoms with E-state index in [0.717, 1.165) is 29.4 Å². The van der Waals surface area contributed by atoms with Crippen molar-refractivity contribution < 1.29 is 4.79 Å². The number of hydrogen-bond acceptors (Lipinski definition) is 1. The van der Waals surface area contributed by atoms with Crippen LogP contribution in [0.15, 0.2) is 65.1 Å². The van der Waals surface area contributed by atoms with Gasteiger partial charge >= 0.3 is 0 Å². The lowest BCUT2D eigenvalue weighted by Gasteiger charge is -2.23. The highest BCUT2D eigenvalue weighted by Crippen LogP contribution is 2.31. The number of hydrogen-bond donors (Lipinski definition) is 0. The molecule has 112 valence electrons. The summed E-state index contributed by atoms with van der Waals surface area (Å²) in [7, 11) is 0. The first-order valence-corrected chi connectivity index (χ1v) is 8.32. The van der Waals surface area contributed by atoms with Crippen LogP contribution < -0.4 is 0 Å². The number of likely N-dealkylation sites (tertiary alicyclic amines) is 1. The second-order valence-electron chi connectivity index (χ2n) is 5.49. The Balaban J connectivity index is 1.72. The number of carbonyl (C=O) groups excluding carboxylic acids is 1. The topological polar surface area (TPSA) is 20.3 Å². The third kappa shape index (κ3) is 3.47. The van der Waals surface area contributed by atoms with Gasteiger partial charge in [-0.2, -0.15) is 0 Å². The van der Waals surface area contributed by atoms with Gasteiger partial charge in [0.15, 0.2) is 0 Å². The van der Waals surface area contributed by atoms with Crippen molar-refractivity contribution >= 4 is 27.9 Å². The molecule has 1 saturated heterocycles. The van der Waals surface area contributed by atoms with Crippen molar-refractivity contribution in [3.8, 4) is 0 Å². The zero-order chi connectivity index (χ0) is 15.4. The van der Waals surface area contributed by atoms with Crippen molar-refractivity contribution in [1.82, 2.24) is 4.90 Å². The van der Waals surface area contributed by atoms with E-state index in [-0.39, 0.29) is 11.9 Å². The Morgan fingerprint density at radius 2 is 1.82 bits per heavy atom. The predicted molar refractivity (Wildman–Crippen MR) is 93.3 cm³/mol. The molecule has 0 bridgehead atoms. The van der Waals surface area contributed by atoms with E-state index in [1.54, 1.807) is 6.08 Å². The van der Waals surface area contributed by atoms with Gasteiger partial charge in [0, 0.05) is 17.1 Å². The molecule has 2 aromatic rings. The summed E-state index contributed by atoms with van der Waals surface area (Å²) in [5.41, 5.74) is 2.26. The molecule has 3 rings (SSSR count). The summed E-state index contributed by atoms with van der Waals surface area (Å²) in [6, 6.07) is 18.4. The van der Waals surface area contributed by atoms with E-state index in [1.807, 2.05) is 53.4 Å². The van der Waals surface area contributed by atoms with Crippen LogP contribution in [-0.2, 0) is 4.79 Å². The fourth-order valence-corrected chi connectivity index (χ4v) is 3.15. The van der Waals surface area contributed by atoms with E-state index >= 15 is 0 Å². The summed E-state index contributed by atoms with van der Waals surface area (Å²) < 4.78 is 1.04. The lowest BCUT2D eigenvalue weighted by atomic mass is 10.0. The molecule has 1 unspecified atom stereocenters. The average molecular weight is 356 g/mol. The minimum absolute atomic E-state index is 0.0919. The summed E-state index contributed by atoms with van der Waals surface area (Å²) in [4.78, 5) is 14.5. The number of benzene rings is 2. The maximum Gasteiger partial charge on any atom is 0.247 e. The fourth-order valence-electron chi connectivity index (χ4n) is 2.89. The average Bonchev–Trinajstić information content (AvgIpc) is 3.04. The number of rotatable bonds is 3. The fraction of sp³-hybridized carbons (Fsp3) is 0.211.